The van der Waals surface area contributed by atoms with E-state index in [0.717, 1.165) is 5.56 Å². The predicted molar refractivity (Wildman–Crippen MR) is 105 cm³/mol. The average Bonchev–Trinajstić information content (AvgIpc) is 3.16. The van der Waals surface area contributed by atoms with Crippen LogP contribution in [0.1, 0.15) is 29.3 Å². The van der Waals surface area contributed by atoms with Gasteiger partial charge in [0.1, 0.15) is 11.3 Å². The molecule has 0 radical (unpaired) electrons. The van der Waals surface area contributed by atoms with Crippen LogP contribution in [0.4, 0.5) is 5.69 Å². The van der Waals surface area contributed by atoms with Gasteiger partial charge < -0.3 is 19.2 Å². The molecule has 3 rings (SSSR count). The topological polar surface area (TPSA) is 90.7 Å². The van der Waals surface area contributed by atoms with Crippen LogP contribution >= 0.6 is 11.6 Å². The first-order valence-corrected chi connectivity index (χ1v) is 9.00. The summed E-state index contributed by atoms with van der Waals surface area (Å²) in [5, 5.41) is 3.26. The number of carbonyl (C=O) groups is 2. The Hall–Kier alpha value is -3.06. The highest BCUT2D eigenvalue weighted by Crippen LogP contribution is 2.31. The largest absolute Gasteiger partial charge is 0.495 e. The average molecular weight is 403 g/mol. The lowest BCUT2D eigenvalue weighted by Crippen LogP contribution is -2.32. The summed E-state index contributed by atoms with van der Waals surface area (Å²) < 4.78 is 15.8. The van der Waals surface area contributed by atoms with E-state index in [9.17, 15) is 9.59 Å². The van der Waals surface area contributed by atoms with E-state index in [1.807, 2.05) is 6.92 Å². The van der Waals surface area contributed by atoms with Gasteiger partial charge in [0.2, 0.25) is 0 Å². The lowest BCUT2D eigenvalue weighted by atomic mass is 10.1. The summed E-state index contributed by atoms with van der Waals surface area (Å²) in [5.41, 5.74) is 2.61. The van der Waals surface area contributed by atoms with E-state index in [2.05, 4.69) is 10.3 Å². The molecule has 1 N–H and O–H groups in total. The number of esters is 1. The quantitative estimate of drug-likeness (QED) is 0.615. The Morgan fingerprint density at radius 2 is 2.07 bits per heavy atom. The molecule has 1 amide bonds. The van der Waals surface area contributed by atoms with Gasteiger partial charge in [-0.05, 0) is 43.2 Å². The molecule has 1 heterocycles. The van der Waals surface area contributed by atoms with Crippen molar-refractivity contribution in [3.8, 4) is 5.75 Å². The number of oxazole rings is 1. The van der Waals surface area contributed by atoms with Crippen LogP contribution < -0.4 is 10.1 Å². The van der Waals surface area contributed by atoms with E-state index >= 15 is 0 Å². The van der Waals surface area contributed by atoms with Crippen molar-refractivity contribution in [1.29, 1.82) is 0 Å². The van der Waals surface area contributed by atoms with Gasteiger partial charge in [0, 0.05) is 11.1 Å². The number of ether oxygens (including phenoxy) is 2. The van der Waals surface area contributed by atoms with Crippen LogP contribution in [-0.2, 0) is 9.53 Å². The van der Waals surface area contributed by atoms with Crippen molar-refractivity contribution in [2.75, 3.05) is 12.4 Å². The van der Waals surface area contributed by atoms with Crippen LogP contribution in [0.3, 0.4) is 0 Å². The third-order valence-electron chi connectivity index (χ3n) is 4.22. The van der Waals surface area contributed by atoms with Crippen LogP contribution in [-0.4, -0.2) is 30.1 Å². The Balaban J connectivity index is 1.74. The molecule has 0 aliphatic heterocycles. The first kappa shape index (κ1) is 19.7. The second-order valence-electron chi connectivity index (χ2n) is 6.13. The first-order valence-electron chi connectivity index (χ1n) is 8.62. The number of methoxy groups -OCH3 is 1. The fourth-order valence-electron chi connectivity index (χ4n) is 2.65. The molecule has 8 heteroatoms. The van der Waals surface area contributed by atoms with Crippen molar-refractivity contribution in [1.82, 2.24) is 4.98 Å². The molecule has 3 aromatic rings. The zero-order valence-corrected chi connectivity index (χ0v) is 16.4. The number of anilines is 1. The molecule has 0 spiro atoms. The van der Waals surface area contributed by atoms with Gasteiger partial charge in [-0.3, -0.25) is 4.79 Å². The zero-order valence-electron chi connectivity index (χ0n) is 15.6. The summed E-state index contributed by atoms with van der Waals surface area (Å²) in [4.78, 5) is 29.1. The lowest BCUT2D eigenvalue weighted by Gasteiger charge is -2.18. The van der Waals surface area contributed by atoms with Crippen molar-refractivity contribution in [3.05, 3.63) is 52.9 Å². The monoisotopic (exact) mass is 402 g/mol. The van der Waals surface area contributed by atoms with Crippen LogP contribution in [0.15, 0.2) is 41.1 Å². The fraction of sp³-hybridized carbons (Fsp3) is 0.250. The minimum Gasteiger partial charge on any atom is -0.495 e. The van der Waals surface area contributed by atoms with E-state index < -0.39 is 18.0 Å². The van der Waals surface area contributed by atoms with E-state index in [-0.39, 0.29) is 5.56 Å². The highest BCUT2D eigenvalue weighted by molar-refractivity contribution is 6.31. The van der Waals surface area contributed by atoms with Gasteiger partial charge >= 0.3 is 5.97 Å². The Morgan fingerprint density at radius 1 is 1.29 bits per heavy atom. The number of hydrogen-bond acceptors (Lipinski definition) is 6. The molecule has 0 fully saturated rings. The maximum absolute atomic E-state index is 12.6. The maximum Gasteiger partial charge on any atom is 0.338 e. The Morgan fingerprint density at radius 3 is 2.79 bits per heavy atom. The molecule has 0 saturated heterocycles. The molecule has 1 unspecified atom stereocenters. The summed E-state index contributed by atoms with van der Waals surface area (Å²) in [6.45, 7) is 3.57. The van der Waals surface area contributed by atoms with Crippen molar-refractivity contribution < 1.29 is 23.5 Å². The molecule has 0 bridgehead atoms. The summed E-state index contributed by atoms with van der Waals surface area (Å²) in [6.07, 6.45) is 0.628. The Kier molecular flexibility index (Phi) is 5.84. The fourth-order valence-corrected chi connectivity index (χ4v) is 2.80. The third kappa shape index (κ3) is 4.09. The smallest absolute Gasteiger partial charge is 0.338 e. The highest BCUT2D eigenvalue weighted by atomic mass is 35.5. The van der Waals surface area contributed by atoms with Crippen molar-refractivity contribution in [2.45, 2.75) is 26.4 Å². The van der Waals surface area contributed by atoms with E-state index in [4.69, 9.17) is 25.5 Å². The highest BCUT2D eigenvalue weighted by Gasteiger charge is 2.23. The standard InChI is InChI=1S/C20H19ClN2O5/c1-4-16(19(24)23-15-7-11(2)13(21)9-18(15)26-3)28-20(25)12-5-6-17-14(8-12)22-10-27-17/h5-10,16H,4H2,1-3H3,(H,23,24). The normalized spacial score (nSPS) is 11.9. The van der Waals surface area contributed by atoms with Gasteiger partial charge in [0.15, 0.2) is 18.1 Å². The van der Waals surface area contributed by atoms with Gasteiger partial charge in [-0.15, -0.1) is 0 Å². The molecule has 1 aromatic heterocycles. The number of aromatic nitrogens is 1. The van der Waals surface area contributed by atoms with E-state index in [1.165, 1.54) is 13.5 Å². The van der Waals surface area contributed by atoms with E-state index in [1.54, 1.807) is 37.3 Å². The molecule has 2 aromatic carbocycles. The number of nitrogens with one attached hydrogen (secondary N) is 1. The third-order valence-corrected chi connectivity index (χ3v) is 4.62. The number of halogens is 1. The van der Waals surface area contributed by atoms with Gasteiger partial charge in [-0.25, -0.2) is 9.78 Å². The van der Waals surface area contributed by atoms with Gasteiger partial charge in [-0.2, -0.15) is 0 Å². The summed E-state index contributed by atoms with van der Waals surface area (Å²) in [7, 11) is 1.48. The summed E-state index contributed by atoms with van der Waals surface area (Å²) in [5.74, 6) is -0.661. The second kappa shape index (κ2) is 8.31. The maximum atomic E-state index is 12.6. The number of fused-ring (bicyclic) bond motifs is 1. The summed E-state index contributed by atoms with van der Waals surface area (Å²) >= 11 is 6.09. The van der Waals surface area contributed by atoms with Crippen molar-refractivity contribution >= 4 is 40.3 Å². The minimum absolute atomic E-state index is 0.285. The van der Waals surface area contributed by atoms with Gasteiger partial charge in [0.25, 0.3) is 5.91 Å². The Bertz CT molecular complexity index is 1030. The van der Waals surface area contributed by atoms with Crippen molar-refractivity contribution in [3.63, 3.8) is 0 Å². The van der Waals surface area contributed by atoms with Crippen molar-refractivity contribution in [2.24, 2.45) is 0 Å². The summed E-state index contributed by atoms with van der Waals surface area (Å²) in [6, 6.07) is 8.06. The van der Waals surface area contributed by atoms with Crippen LogP contribution in [0.25, 0.3) is 11.1 Å². The van der Waals surface area contributed by atoms with Crippen LogP contribution in [0.2, 0.25) is 5.02 Å². The molecule has 0 aliphatic rings. The molecule has 0 aliphatic carbocycles. The van der Waals surface area contributed by atoms with Gasteiger partial charge in [0.05, 0.1) is 18.4 Å². The number of carbonyl (C=O) groups excluding carboxylic acids is 2. The number of rotatable bonds is 6. The predicted octanol–water partition coefficient (Wildman–Crippen LogP) is 4.37. The minimum atomic E-state index is -0.971. The number of hydrogen-bond donors (Lipinski definition) is 1. The molecule has 7 nitrogen and oxygen atoms in total. The molecule has 146 valence electrons. The Labute approximate surface area is 166 Å². The first-order chi connectivity index (χ1) is 13.4. The second-order valence-corrected chi connectivity index (χ2v) is 6.54. The van der Waals surface area contributed by atoms with Gasteiger partial charge in [-0.1, -0.05) is 18.5 Å². The zero-order chi connectivity index (χ0) is 20.3. The number of amides is 1. The molecule has 0 saturated carbocycles. The molecule has 1 atom stereocenters. The molecule has 28 heavy (non-hydrogen) atoms. The van der Waals surface area contributed by atoms with Crippen LogP contribution in [0, 0.1) is 6.92 Å². The SMILES string of the molecule is CCC(OC(=O)c1ccc2ocnc2c1)C(=O)Nc1cc(C)c(Cl)cc1OC. The van der Waals surface area contributed by atoms with E-state index in [0.29, 0.717) is 34.0 Å². The number of aryl methyl sites for hydroxylation is 1. The molecular weight excluding hydrogens is 384 g/mol. The number of nitrogens with zero attached hydrogens (tertiary/aromatic N) is 1. The molecular formula is C20H19ClN2O5. The lowest BCUT2D eigenvalue weighted by molar-refractivity contribution is -0.124. The van der Waals surface area contributed by atoms with Crippen LogP contribution in [0.5, 0.6) is 5.75 Å². The number of benzene rings is 2.